The van der Waals surface area contributed by atoms with Crippen molar-refractivity contribution in [3.63, 3.8) is 0 Å². The molecule has 0 atom stereocenters. The van der Waals surface area contributed by atoms with Gasteiger partial charge in [-0.3, -0.25) is 4.79 Å². The predicted molar refractivity (Wildman–Crippen MR) is 109 cm³/mol. The number of hydrogen-bond acceptors (Lipinski definition) is 7. The van der Waals surface area contributed by atoms with Crippen LogP contribution in [0.25, 0.3) is 10.6 Å². The zero-order valence-electron chi connectivity index (χ0n) is 15.7. The first-order valence-electron chi connectivity index (χ1n) is 8.76. The van der Waals surface area contributed by atoms with Crippen LogP contribution in [0.1, 0.15) is 37.2 Å². The van der Waals surface area contributed by atoms with E-state index in [1.807, 2.05) is 0 Å². The third kappa shape index (κ3) is 5.55. The molecule has 3 aromatic rings. The molecule has 1 aromatic carbocycles. The first kappa shape index (κ1) is 21.3. The molecule has 0 radical (unpaired) electrons. The smallest absolute Gasteiger partial charge is 0.275 e. The number of rotatable bonds is 8. The molecule has 2 aromatic heterocycles. The molecule has 1 amide bonds. The number of hydrogen-bond donors (Lipinski definition) is 2. The normalized spacial score (nSPS) is 11.5. The van der Waals surface area contributed by atoms with Crippen LogP contribution < -0.4 is 10.1 Å². The zero-order chi connectivity index (χ0) is 21.0. The largest absolute Gasteiger partial charge is 0.481 e. The molecule has 0 aliphatic carbocycles. The number of carbonyl (C=O) groups excluding carboxylic acids is 1. The van der Waals surface area contributed by atoms with E-state index in [-0.39, 0.29) is 16.3 Å². The third-order valence-corrected chi connectivity index (χ3v) is 5.44. The molecule has 0 unspecified atom stereocenters. The van der Waals surface area contributed by atoms with Crippen molar-refractivity contribution in [3.05, 3.63) is 47.1 Å². The van der Waals surface area contributed by atoms with Crippen LogP contribution in [0.2, 0.25) is 0 Å². The minimum atomic E-state index is -0.770. The van der Waals surface area contributed by atoms with E-state index in [9.17, 15) is 18.7 Å². The maximum Gasteiger partial charge on any atom is 0.275 e. The summed E-state index contributed by atoms with van der Waals surface area (Å²) in [5.74, 6) is -2.02. The van der Waals surface area contributed by atoms with E-state index in [0.29, 0.717) is 30.2 Å². The number of nitrogens with zero attached hydrogens (tertiary/aromatic N) is 2. The molecular weight excluding hydrogens is 420 g/mol. The van der Waals surface area contributed by atoms with Crippen molar-refractivity contribution in [3.8, 4) is 15.6 Å². The third-order valence-electron chi connectivity index (χ3n) is 3.87. The van der Waals surface area contributed by atoms with Gasteiger partial charge in [0.1, 0.15) is 28.0 Å². The van der Waals surface area contributed by atoms with Gasteiger partial charge in [-0.15, -0.1) is 11.3 Å². The number of thiazole rings is 1. The summed E-state index contributed by atoms with van der Waals surface area (Å²) in [6, 6.07) is 3.54. The quantitative estimate of drug-likeness (QED) is 0.496. The second-order valence-electron chi connectivity index (χ2n) is 6.88. The highest BCUT2D eigenvalue weighted by molar-refractivity contribution is 7.13. The average Bonchev–Trinajstić information content (AvgIpc) is 3.28. The average molecular weight is 440 g/mol. The van der Waals surface area contributed by atoms with E-state index >= 15 is 0 Å². The number of nitrogens with one attached hydrogen (secondary N) is 1. The van der Waals surface area contributed by atoms with E-state index in [1.54, 1.807) is 13.8 Å². The summed E-state index contributed by atoms with van der Waals surface area (Å²) < 4.78 is 37.5. The van der Waals surface area contributed by atoms with Crippen LogP contribution in [0.3, 0.4) is 0 Å². The van der Waals surface area contributed by atoms with Crippen molar-refractivity contribution < 1.29 is 23.4 Å². The van der Waals surface area contributed by atoms with Gasteiger partial charge >= 0.3 is 0 Å². The summed E-state index contributed by atoms with van der Waals surface area (Å²) in [5.41, 5.74) is -0.611. The molecule has 29 heavy (non-hydrogen) atoms. The minimum Gasteiger partial charge on any atom is -0.481 e. The predicted octanol–water partition coefficient (Wildman–Crippen LogP) is 4.73. The minimum absolute atomic E-state index is 0.0341. The molecule has 10 heteroatoms. The fourth-order valence-corrected chi connectivity index (χ4v) is 3.91. The molecule has 0 saturated carbocycles. The van der Waals surface area contributed by atoms with Gasteiger partial charge in [0.25, 0.3) is 5.91 Å². The monoisotopic (exact) mass is 439 g/mol. The fourth-order valence-electron chi connectivity index (χ4n) is 2.47. The number of ether oxygens (including phenoxy) is 1. The van der Waals surface area contributed by atoms with Crippen LogP contribution in [0.4, 0.5) is 14.5 Å². The second kappa shape index (κ2) is 8.93. The molecule has 0 aliphatic heterocycles. The van der Waals surface area contributed by atoms with Gasteiger partial charge in [-0.25, -0.2) is 13.8 Å². The summed E-state index contributed by atoms with van der Waals surface area (Å²) in [4.78, 5) is 16.5. The Kier molecular flexibility index (Phi) is 6.56. The molecular formula is C19H19F2N3O3S2. The Hall–Kier alpha value is -2.43. The summed E-state index contributed by atoms with van der Waals surface area (Å²) >= 11 is 2.06. The van der Waals surface area contributed by atoms with Crippen LogP contribution in [-0.2, 0) is 0 Å². The Morgan fingerprint density at radius 2 is 2.03 bits per heavy atom. The summed E-state index contributed by atoms with van der Waals surface area (Å²) in [6.07, 6.45) is 2.66. The summed E-state index contributed by atoms with van der Waals surface area (Å²) in [7, 11) is 0. The van der Waals surface area contributed by atoms with Crippen LogP contribution in [-0.4, -0.2) is 32.6 Å². The van der Waals surface area contributed by atoms with Gasteiger partial charge in [-0.2, -0.15) is 4.37 Å². The molecule has 2 heterocycles. The first-order valence-corrected chi connectivity index (χ1v) is 10.4. The number of aromatic nitrogens is 2. The second-order valence-corrected chi connectivity index (χ2v) is 8.50. The Morgan fingerprint density at radius 1 is 1.31 bits per heavy atom. The lowest BCUT2D eigenvalue weighted by atomic mass is 10.0. The lowest BCUT2D eigenvalue weighted by molar-refractivity contribution is 0.0643. The lowest BCUT2D eigenvalue weighted by Gasteiger charge is -2.16. The number of benzene rings is 1. The van der Waals surface area contributed by atoms with Crippen molar-refractivity contribution >= 4 is 34.5 Å². The number of carbonyl (C=O) groups is 1. The Morgan fingerprint density at radius 3 is 2.72 bits per heavy atom. The van der Waals surface area contributed by atoms with E-state index in [4.69, 9.17) is 4.74 Å². The van der Waals surface area contributed by atoms with Gasteiger partial charge in [0.2, 0.25) is 5.06 Å². The van der Waals surface area contributed by atoms with Crippen molar-refractivity contribution in [1.82, 2.24) is 9.36 Å². The highest BCUT2D eigenvalue weighted by Gasteiger charge is 2.19. The molecule has 0 saturated heterocycles. The van der Waals surface area contributed by atoms with Gasteiger partial charge < -0.3 is 15.2 Å². The summed E-state index contributed by atoms with van der Waals surface area (Å²) in [5, 5.41) is 14.3. The number of aliphatic hydroxyl groups is 1. The molecule has 0 spiro atoms. The Balaban J connectivity index is 1.65. The van der Waals surface area contributed by atoms with Crippen LogP contribution in [0, 0.1) is 11.6 Å². The van der Waals surface area contributed by atoms with Crippen molar-refractivity contribution in [1.29, 1.82) is 0 Å². The standard InChI is InChI=1S/C19H19F2N3O3S2/c1-19(2,26)7-4-8-27-18-13(9-22-29-18)23-16(25)14-10-28-17(24-14)15-11(20)5-3-6-12(15)21/h3,5-6,9-10,26H,4,7-8H2,1-2H3,(H,23,25). The van der Waals surface area contributed by atoms with Gasteiger partial charge in [0.15, 0.2) is 0 Å². The molecule has 3 rings (SSSR count). The van der Waals surface area contributed by atoms with Gasteiger partial charge in [0.05, 0.1) is 24.0 Å². The maximum atomic E-state index is 13.9. The Labute approximate surface area is 174 Å². The van der Waals surface area contributed by atoms with E-state index < -0.39 is 23.1 Å². The van der Waals surface area contributed by atoms with Crippen molar-refractivity contribution in [2.45, 2.75) is 32.3 Å². The molecule has 0 fully saturated rings. The molecule has 0 bridgehead atoms. The number of amides is 1. The van der Waals surface area contributed by atoms with Crippen molar-refractivity contribution in [2.24, 2.45) is 0 Å². The van der Waals surface area contributed by atoms with Crippen LogP contribution in [0.5, 0.6) is 5.06 Å². The van der Waals surface area contributed by atoms with Crippen LogP contribution in [0.15, 0.2) is 29.8 Å². The number of halogens is 2. The van der Waals surface area contributed by atoms with Gasteiger partial charge in [-0.05, 0) is 38.8 Å². The number of anilines is 1. The first-order chi connectivity index (χ1) is 13.7. The molecule has 6 nitrogen and oxygen atoms in total. The fraction of sp³-hybridized carbons (Fsp3) is 0.316. The molecule has 0 aliphatic rings. The van der Waals surface area contributed by atoms with Gasteiger partial charge in [0, 0.05) is 16.9 Å². The Bertz CT molecular complexity index is 978. The molecule has 154 valence electrons. The van der Waals surface area contributed by atoms with Crippen molar-refractivity contribution in [2.75, 3.05) is 11.9 Å². The highest BCUT2D eigenvalue weighted by Crippen LogP contribution is 2.31. The van der Waals surface area contributed by atoms with Gasteiger partial charge in [-0.1, -0.05) is 6.07 Å². The maximum absolute atomic E-state index is 13.9. The van der Waals surface area contributed by atoms with E-state index in [1.165, 1.54) is 17.6 Å². The topological polar surface area (TPSA) is 84.3 Å². The molecule has 2 N–H and O–H groups in total. The lowest BCUT2D eigenvalue weighted by Crippen LogP contribution is -2.19. The van der Waals surface area contributed by atoms with E-state index in [2.05, 4.69) is 14.7 Å². The van der Waals surface area contributed by atoms with E-state index in [0.717, 1.165) is 35.0 Å². The zero-order valence-corrected chi connectivity index (χ0v) is 17.4. The summed E-state index contributed by atoms with van der Waals surface area (Å²) in [6.45, 7) is 3.81. The van der Waals surface area contributed by atoms with Crippen LogP contribution >= 0.6 is 22.9 Å². The SMILES string of the molecule is CC(C)(O)CCCOc1sncc1NC(=O)c1csc(-c2c(F)cccc2F)n1. The highest BCUT2D eigenvalue weighted by atomic mass is 32.1.